The summed E-state index contributed by atoms with van der Waals surface area (Å²) in [4.78, 5) is 11.7. The van der Waals surface area contributed by atoms with E-state index in [1.807, 2.05) is 0 Å². The number of hydrogen-bond donors (Lipinski definition) is 2. The highest BCUT2D eigenvalue weighted by Crippen LogP contribution is 2.37. The van der Waals surface area contributed by atoms with Gasteiger partial charge in [0, 0.05) is 18.6 Å². The van der Waals surface area contributed by atoms with Crippen molar-refractivity contribution in [1.29, 1.82) is 0 Å². The smallest absolute Gasteiger partial charge is 0.224 e. The molecule has 0 heterocycles. The van der Waals surface area contributed by atoms with E-state index in [1.165, 1.54) is 21.3 Å². The van der Waals surface area contributed by atoms with E-state index in [0.717, 1.165) is 0 Å². The van der Waals surface area contributed by atoms with Crippen molar-refractivity contribution in [1.82, 2.24) is 0 Å². The van der Waals surface area contributed by atoms with Crippen molar-refractivity contribution in [2.75, 3.05) is 33.2 Å². The van der Waals surface area contributed by atoms with E-state index < -0.39 is 0 Å². The fourth-order valence-electron chi connectivity index (χ4n) is 1.60. The molecule has 1 rings (SSSR count). The number of methoxy groups -OCH3 is 3. The maximum Gasteiger partial charge on any atom is 0.224 e. The van der Waals surface area contributed by atoms with Gasteiger partial charge in [0.1, 0.15) is 5.75 Å². The zero-order chi connectivity index (χ0) is 14.3. The zero-order valence-electron chi connectivity index (χ0n) is 11.5. The summed E-state index contributed by atoms with van der Waals surface area (Å²) in [5, 5.41) is 2.77. The topological polar surface area (TPSA) is 82.8 Å². The molecule has 0 bridgehead atoms. The molecular weight excluding hydrogens is 248 g/mol. The Labute approximate surface area is 112 Å². The highest BCUT2D eigenvalue weighted by atomic mass is 16.5. The monoisotopic (exact) mass is 268 g/mol. The molecule has 0 atom stereocenters. The molecule has 0 aliphatic carbocycles. The first-order valence-electron chi connectivity index (χ1n) is 5.96. The fraction of sp³-hybridized carbons (Fsp3) is 0.462. The number of hydrogen-bond acceptors (Lipinski definition) is 5. The van der Waals surface area contributed by atoms with Crippen molar-refractivity contribution in [2.24, 2.45) is 5.73 Å². The van der Waals surface area contributed by atoms with E-state index in [2.05, 4.69) is 5.32 Å². The summed E-state index contributed by atoms with van der Waals surface area (Å²) in [6.45, 7) is 0.483. The number of benzene rings is 1. The molecule has 0 saturated heterocycles. The van der Waals surface area contributed by atoms with Gasteiger partial charge in [-0.15, -0.1) is 0 Å². The highest BCUT2D eigenvalue weighted by molar-refractivity contribution is 5.92. The van der Waals surface area contributed by atoms with Gasteiger partial charge >= 0.3 is 0 Å². The Morgan fingerprint density at radius 1 is 1.11 bits per heavy atom. The molecule has 0 aromatic heterocycles. The summed E-state index contributed by atoms with van der Waals surface area (Å²) in [6.07, 6.45) is 1.01. The minimum absolute atomic E-state index is 0.115. The summed E-state index contributed by atoms with van der Waals surface area (Å²) in [5.74, 6) is 1.46. The molecule has 0 saturated carbocycles. The summed E-state index contributed by atoms with van der Waals surface area (Å²) < 4.78 is 15.6. The molecule has 6 nitrogen and oxygen atoms in total. The third kappa shape index (κ3) is 4.03. The predicted octanol–water partition coefficient (Wildman–Crippen LogP) is 1.39. The number of carbonyl (C=O) groups is 1. The largest absolute Gasteiger partial charge is 0.494 e. The minimum atomic E-state index is -0.115. The van der Waals surface area contributed by atoms with Gasteiger partial charge in [0.05, 0.1) is 27.0 Å². The minimum Gasteiger partial charge on any atom is -0.494 e. The van der Waals surface area contributed by atoms with E-state index in [1.54, 1.807) is 12.1 Å². The molecular formula is C13H20N2O4. The summed E-state index contributed by atoms with van der Waals surface area (Å²) in [6, 6.07) is 3.33. The standard InChI is InChI=1S/C13H20N2O4/c1-17-10-8-12(19-3)11(18-2)7-9(10)15-13(16)5-4-6-14/h7-8H,4-6,14H2,1-3H3,(H,15,16). The lowest BCUT2D eigenvalue weighted by atomic mass is 10.2. The van der Waals surface area contributed by atoms with Crippen molar-refractivity contribution in [3.05, 3.63) is 12.1 Å². The lowest BCUT2D eigenvalue weighted by molar-refractivity contribution is -0.116. The summed E-state index contributed by atoms with van der Waals surface area (Å²) in [7, 11) is 4.60. The number of amides is 1. The Balaban J connectivity index is 2.95. The Morgan fingerprint density at radius 3 is 2.21 bits per heavy atom. The van der Waals surface area contributed by atoms with Crippen LogP contribution in [0.15, 0.2) is 12.1 Å². The zero-order valence-corrected chi connectivity index (χ0v) is 11.5. The average Bonchev–Trinajstić information content (AvgIpc) is 2.44. The average molecular weight is 268 g/mol. The second-order valence-corrected chi connectivity index (χ2v) is 3.85. The molecule has 0 fully saturated rings. The van der Waals surface area contributed by atoms with Crippen LogP contribution in [0, 0.1) is 0 Å². The highest BCUT2D eigenvalue weighted by Gasteiger charge is 2.13. The van der Waals surface area contributed by atoms with Gasteiger partial charge in [-0.2, -0.15) is 0 Å². The van der Waals surface area contributed by atoms with E-state index in [4.69, 9.17) is 19.9 Å². The van der Waals surface area contributed by atoms with Gasteiger partial charge in [0.2, 0.25) is 5.91 Å². The Bertz CT molecular complexity index is 435. The third-order valence-electron chi connectivity index (χ3n) is 2.59. The van der Waals surface area contributed by atoms with E-state index in [0.29, 0.717) is 42.3 Å². The van der Waals surface area contributed by atoms with Crippen molar-refractivity contribution < 1.29 is 19.0 Å². The van der Waals surface area contributed by atoms with Gasteiger partial charge < -0.3 is 25.3 Å². The van der Waals surface area contributed by atoms with Crippen molar-refractivity contribution >= 4 is 11.6 Å². The van der Waals surface area contributed by atoms with E-state index in [9.17, 15) is 4.79 Å². The van der Waals surface area contributed by atoms with Crippen molar-refractivity contribution in [2.45, 2.75) is 12.8 Å². The number of rotatable bonds is 7. The van der Waals surface area contributed by atoms with Gasteiger partial charge in [0.15, 0.2) is 11.5 Å². The molecule has 6 heteroatoms. The summed E-state index contributed by atoms with van der Waals surface area (Å²) in [5.41, 5.74) is 5.91. The molecule has 3 N–H and O–H groups in total. The van der Waals surface area contributed by atoms with Gasteiger partial charge in [0.25, 0.3) is 0 Å². The molecule has 0 unspecified atom stereocenters. The molecule has 1 amide bonds. The van der Waals surface area contributed by atoms with Crippen LogP contribution in [-0.4, -0.2) is 33.8 Å². The van der Waals surface area contributed by atoms with Crippen LogP contribution in [0.25, 0.3) is 0 Å². The first-order valence-corrected chi connectivity index (χ1v) is 5.96. The maximum absolute atomic E-state index is 11.7. The molecule has 0 spiro atoms. The number of anilines is 1. The molecule has 106 valence electrons. The molecule has 19 heavy (non-hydrogen) atoms. The Hall–Kier alpha value is -1.95. The van der Waals surface area contributed by atoms with Crippen LogP contribution in [0.4, 0.5) is 5.69 Å². The summed E-state index contributed by atoms with van der Waals surface area (Å²) >= 11 is 0. The van der Waals surface area contributed by atoms with Crippen LogP contribution in [0.5, 0.6) is 17.2 Å². The number of nitrogens with two attached hydrogens (primary N) is 1. The van der Waals surface area contributed by atoms with Crippen LogP contribution >= 0.6 is 0 Å². The lowest BCUT2D eigenvalue weighted by Gasteiger charge is -2.14. The maximum atomic E-state index is 11.7. The molecule has 0 aliphatic heterocycles. The first kappa shape index (κ1) is 15.1. The molecule has 1 aromatic rings. The lowest BCUT2D eigenvalue weighted by Crippen LogP contribution is -2.14. The second kappa shape index (κ2) is 7.48. The second-order valence-electron chi connectivity index (χ2n) is 3.85. The number of ether oxygens (including phenoxy) is 3. The predicted molar refractivity (Wildman–Crippen MR) is 73.0 cm³/mol. The van der Waals surface area contributed by atoms with Crippen LogP contribution in [0.3, 0.4) is 0 Å². The third-order valence-corrected chi connectivity index (χ3v) is 2.59. The Morgan fingerprint density at radius 2 is 1.68 bits per heavy atom. The molecule has 0 aliphatic rings. The Kier molecular flexibility index (Phi) is 5.95. The van der Waals surface area contributed by atoms with E-state index >= 15 is 0 Å². The fourth-order valence-corrected chi connectivity index (χ4v) is 1.60. The first-order chi connectivity index (χ1) is 9.15. The van der Waals surface area contributed by atoms with Crippen LogP contribution in [0.2, 0.25) is 0 Å². The molecule has 1 aromatic carbocycles. The van der Waals surface area contributed by atoms with Gasteiger partial charge in [-0.05, 0) is 13.0 Å². The SMILES string of the molecule is COc1cc(OC)c(OC)cc1NC(=O)CCCN. The van der Waals surface area contributed by atoms with Crippen LogP contribution < -0.4 is 25.3 Å². The molecule has 0 radical (unpaired) electrons. The van der Waals surface area contributed by atoms with Crippen molar-refractivity contribution in [3.8, 4) is 17.2 Å². The van der Waals surface area contributed by atoms with Gasteiger partial charge in [-0.25, -0.2) is 0 Å². The number of carbonyl (C=O) groups excluding carboxylic acids is 1. The quantitative estimate of drug-likeness (QED) is 0.780. The normalized spacial score (nSPS) is 9.89. The van der Waals surface area contributed by atoms with Crippen LogP contribution in [-0.2, 0) is 4.79 Å². The van der Waals surface area contributed by atoms with Gasteiger partial charge in [-0.3, -0.25) is 4.79 Å². The van der Waals surface area contributed by atoms with Gasteiger partial charge in [-0.1, -0.05) is 0 Å². The number of nitrogens with one attached hydrogen (secondary N) is 1. The van der Waals surface area contributed by atoms with E-state index in [-0.39, 0.29) is 5.91 Å². The van der Waals surface area contributed by atoms with Crippen molar-refractivity contribution in [3.63, 3.8) is 0 Å². The van der Waals surface area contributed by atoms with Crippen LogP contribution in [0.1, 0.15) is 12.8 Å².